The largest absolute Gasteiger partial charge is 0.478 e. The number of carboxylic acids is 1. The number of aromatic nitrogens is 1. The van der Waals surface area contributed by atoms with Gasteiger partial charge in [0, 0.05) is 17.7 Å². The lowest BCUT2D eigenvalue weighted by atomic mass is 10.1. The van der Waals surface area contributed by atoms with Crippen LogP contribution in [0.15, 0.2) is 42.6 Å². The van der Waals surface area contributed by atoms with E-state index in [-0.39, 0.29) is 0 Å². The van der Waals surface area contributed by atoms with Crippen molar-refractivity contribution in [1.82, 2.24) is 4.98 Å². The van der Waals surface area contributed by atoms with E-state index < -0.39 is 5.97 Å². The molecule has 0 aliphatic carbocycles. The first-order valence-corrected chi connectivity index (χ1v) is 4.52. The molecule has 0 aliphatic heterocycles. The van der Waals surface area contributed by atoms with Crippen molar-refractivity contribution in [3.63, 3.8) is 0 Å². The molecule has 74 valence electrons. The molecule has 0 fully saturated rings. The van der Waals surface area contributed by atoms with Gasteiger partial charge < -0.3 is 5.11 Å². The number of hydrogen-bond acceptors (Lipinski definition) is 2. The summed E-state index contributed by atoms with van der Waals surface area (Å²) in [5.74, 6) is -0.948. The summed E-state index contributed by atoms with van der Waals surface area (Å²) in [6.45, 7) is 0. The molecule has 0 aliphatic rings. The summed E-state index contributed by atoms with van der Waals surface area (Å²) >= 11 is 0. The molecule has 2 aromatic rings. The third-order valence-corrected chi connectivity index (χ3v) is 2.08. The third kappa shape index (κ3) is 2.02. The van der Waals surface area contributed by atoms with E-state index in [1.165, 1.54) is 0 Å². The quantitative estimate of drug-likeness (QED) is 0.755. The van der Waals surface area contributed by atoms with E-state index in [1.54, 1.807) is 12.3 Å². The lowest BCUT2D eigenvalue weighted by Crippen LogP contribution is -1.86. The van der Waals surface area contributed by atoms with Crippen LogP contribution in [0.3, 0.4) is 0 Å². The Morgan fingerprint density at radius 1 is 1.27 bits per heavy atom. The zero-order valence-electron chi connectivity index (χ0n) is 7.92. The van der Waals surface area contributed by atoms with E-state index in [4.69, 9.17) is 5.11 Å². The van der Waals surface area contributed by atoms with Gasteiger partial charge in [-0.1, -0.05) is 18.2 Å². The molecule has 0 atom stereocenters. The highest BCUT2D eigenvalue weighted by atomic mass is 16.4. The lowest BCUT2D eigenvalue weighted by Gasteiger charge is -1.99. The number of fused-ring (bicyclic) bond motifs is 1. The maximum Gasteiger partial charge on any atom is 0.328 e. The number of nitrogens with zero attached hydrogens (tertiary/aromatic N) is 1. The first kappa shape index (κ1) is 9.40. The Bertz CT molecular complexity index is 527. The van der Waals surface area contributed by atoms with Crippen molar-refractivity contribution < 1.29 is 9.90 Å². The number of carboxylic acid groups (broad SMARTS) is 1. The molecule has 0 saturated heterocycles. The van der Waals surface area contributed by atoms with Crippen molar-refractivity contribution >= 4 is 22.9 Å². The molecule has 0 bridgehead atoms. The molecule has 0 spiro atoms. The molecular formula is C12H9NO2. The molecule has 1 aromatic heterocycles. The Morgan fingerprint density at radius 3 is 2.93 bits per heavy atom. The summed E-state index contributed by atoms with van der Waals surface area (Å²) in [5.41, 5.74) is 1.73. The molecule has 0 radical (unpaired) electrons. The Balaban J connectivity index is 2.56. The summed E-state index contributed by atoms with van der Waals surface area (Å²) in [6.07, 6.45) is 4.42. The topological polar surface area (TPSA) is 50.2 Å². The van der Waals surface area contributed by atoms with E-state index in [2.05, 4.69) is 4.98 Å². The number of benzene rings is 1. The van der Waals surface area contributed by atoms with Crippen LogP contribution < -0.4 is 0 Å². The third-order valence-electron chi connectivity index (χ3n) is 2.08. The van der Waals surface area contributed by atoms with Crippen LogP contribution in [0.1, 0.15) is 5.56 Å². The number of aliphatic carboxylic acids is 1. The van der Waals surface area contributed by atoms with Gasteiger partial charge in [-0.05, 0) is 23.8 Å². The van der Waals surface area contributed by atoms with Crippen LogP contribution in [-0.2, 0) is 4.79 Å². The van der Waals surface area contributed by atoms with Crippen molar-refractivity contribution in [1.29, 1.82) is 0 Å². The van der Waals surface area contributed by atoms with Crippen LogP contribution in [0.25, 0.3) is 17.0 Å². The van der Waals surface area contributed by atoms with Gasteiger partial charge in [-0.2, -0.15) is 0 Å². The first-order valence-electron chi connectivity index (χ1n) is 4.52. The molecule has 1 heterocycles. The van der Waals surface area contributed by atoms with Crippen LogP contribution >= 0.6 is 0 Å². The van der Waals surface area contributed by atoms with E-state index in [9.17, 15) is 4.79 Å². The predicted octanol–water partition coefficient (Wildman–Crippen LogP) is 2.33. The lowest BCUT2D eigenvalue weighted by molar-refractivity contribution is -0.131. The highest BCUT2D eigenvalue weighted by molar-refractivity contribution is 5.92. The molecular weight excluding hydrogens is 190 g/mol. The summed E-state index contributed by atoms with van der Waals surface area (Å²) in [5, 5.41) is 9.50. The highest BCUT2D eigenvalue weighted by Gasteiger charge is 1.97. The Hall–Kier alpha value is -2.16. The molecule has 0 unspecified atom stereocenters. The Morgan fingerprint density at radius 2 is 2.13 bits per heavy atom. The summed E-state index contributed by atoms with van der Waals surface area (Å²) in [7, 11) is 0. The minimum absolute atomic E-state index is 0.864. The van der Waals surface area contributed by atoms with Crippen molar-refractivity contribution in [2.24, 2.45) is 0 Å². The van der Waals surface area contributed by atoms with Gasteiger partial charge >= 0.3 is 5.97 Å². The molecule has 3 heteroatoms. The summed E-state index contributed by atoms with van der Waals surface area (Å²) in [6, 6.07) is 9.37. The number of hydrogen-bond donors (Lipinski definition) is 1. The highest BCUT2D eigenvalue weighted by Crippen LogP contribution is 2.17. The summed E-state index contributed by atoms with van der Waals surface area (Å²) < 4.78 is 0. The molecule has 2 rings (SSSR count). The fraction of sp³-hybridized carbons (Fsp3) is 0. The van der Waals surface area contributed by atoms with E-state index in [0.29, 0.717) is 0 Å². The smallest absolute Gasteiger partial charge is 0.328 e. The standard InChI is InChI=1S/C12H9NO2/c14-12(15)7-6-9-3-1-5-11-10(9)4-2-8-13-11/h1-8H,(H,14,15). The first-order chi connectivity index (χ1) is 7.27. The molecule has 15 heavy (non-hydrogen) atoms. The minimum Gasteiger partial charge on any atom is -0.478 e. The SMILES string of the molecule is O=C(O)C=Cc1cccc2ncccc12. The average Bonchev–Trinajstić information content (AvgIpc) is 2.26. The van der Waals surface area contributed by atoms with E-state index in [0.717, 1.165) is 22.5 Å². The monoisotopic (exact) mass is 199 g/mol. The van der Waals surface area contributed by atoms with Gasteiger partial charge in [0.1, 0.15) is 0 Å². The van der Waals surface area contributed by atoms with Crippen molar-refractivity contribution in [3.05, 3.63) is 48.2 Å². The van der Waals surface area contributed by atoms with Crippen molar-refractivity contribution in [2.75, 3.05) is 0 Å². The van der Waals surface area contributed by atoms with Crippen molar-refractivity contribution in [3.8, 4) is 0 Å². The Labute approximate surface area is 86.7 Å². The maximum absolute atomic E-state index is 10.4. The van der Waals surface area contributed by atoms with Gasteiger partial charge in [-0.25, -0.2) is 4.79 Å². The van der Waals surface area contributed by atoms with E-state index in [1.807, 2.05) is 30.3 Å². The maximum atomic E-state index is 10.4. The van der Waals surface area contributed by atoms with Gasteiger partial charge in [0.15, 0.2) is 0 Å². The number of carbonyl (C=O) groups is 1. The average molecular weight is 199 g/mol. The molecule has 0 saturated carbocycles. The second kappa shape index (κ2) is 3.92. The normalized spacial score (nSPS) is 10.9. The molecule has 1 N–H and O–H groups in total. The molecule has 3 nitrogen and oxygen atoms in total. The molecule has 0 amide bonds. The van der Waals surface area contributed by atoms with Gasteiger partial charge in [0.2, 0.25) is 0 Å². The van der Waals surface area contributed by atoms with Crippen LogP contribution in [0.5, 0.6) is 0 Å². The second-order valence-electron chi connectivity index (χ2n) is 3.09. The van der Waals surface area contributed by atoms with Crippen LogP contribution in [0.2, 0.25) is 0 Å². The fourth-order valence-electron chi connectivity index (χ4n) is 1.43. The van der Waals surface area contributed by atoms with Crippen LogP contribution in [0.4, 0.5) is 0 Å². The van der Waals surface area contributed by atoms with Crippen molar-refractivity contribution in [2.45, 2.75) is 0 Å². The van der Waals surface area contributed by atoms with Crippen LogP contribution in [0, 0.1) is 0 Å². The molecule has 1 aromatic carbocycles. The fourth-order valence-corrected chi connectivity index (χ4v) is 1.43. The minimum atomic E-state index is -0.948. The zero-order chi connectivity index (χ0) is 10.7. The van der Waals surface area contributed by atoms with Gasteiger partial charge in [0.25, 0.3) is 0 Å². The van der Waals surface area contributed by atoms with Gasteiger partial charge in [-0.3, -0.25) is 4.98 Å². The predicted molar refractivity (Wildman–Crippen MR) is 58.4 cm³/mol. The Kier molecular flexibility index (Phi) is 2.46. The van der Waals surface area contributed by atoms with E-state index >= 15 is 0 Å². The second-order valence-corrected chi connectivity index (χ2v) is 3.09. The summed E-state index contributed by atoms with van der Waals surface area (Å²) in [4.78, 5) is 14.6. The number of rotatable bonds is 2. The van der Waals surface area contributed by atoms with Gasteiger partial charge in [-0.15, -0.1) is 0 Å². The van der Waals surface area contributed by atoms with Crippen LogP contribution in [-0.4, -0.2) is 16.1 Å². The van der Waals surface area contributed by atoms with Gasteiger partial charge in [0.05, 0.1) is 5.52 Å². The number of pyridine rings is 1. The zero-order valence-corrected chi connectivity index (χ0v) is 7.92.